The minimum Gasteiger partial charge on any atom is -0.395 e. The number of carbonyl (C=O) groups excluding carboxylic acids is 1. The van der Waals surface area contributed by atoms with Crippen molar-refractivity contribution in [3.8, 4) is 0 Å². The summed E-state index contributed by atoms with van der Waals surface area (Å²) in [4.78, 5) is 12.7. The summed E-state index contributed by atoms with van der Waals surface area (Å²) in [6, 6.07) is 0. The summed E-state index contributed by atoms with van der Waals surface area (Å²) in [5, 5.41) is 11.6. The number of alkyl halides is 2. The van der Waals surface area contributed by atoms with Crippen LogP contribution in [0.1, 0.15) is 0 Å². The van der Waals surface area contributed by atoms with Crippen LogP contribution in [0.3, 0.4) is 0 Å². The molecule has 0 aromatic heterocycles. The number of nitrogens with zero attached hydrogens (tertiary/aromatic N) is 1. The molecule has 0 saturated carbocycles. The highest BCUT2D eigenvalue weighted by molar-refractivity contribution is 5.81. The molecule has 0 aromatic rings. The molecule has 94 valence electrons. The fraction of sp³-hybridized carbons (Fsp3) is 0.889. The molecule has 0 spiro atoms. The van der Waals surface area contributed by atoms with Gasteiger partial charge in [0.05, 0.1) is 19.8 Å². The van der Waals surface area contributed by atoms with Gasteiger partial charge >= 0.3 is 0 Å². The molecule has 0 aliphatic carbocycles. The number of hydrogen-bond acceptors (Lipinski definition) is 4. The van der Waals surface area contributed by atoms with Crippen molar-refractivity contribution in [3.63, 3.8) is 0 Å². The first-order chi connectivity index (χ1) is 7.65. The molecule has 1 rings (SSSR count). The van der Waals surface area contributed by atoms with Gasteiger partial charge in [0.15, 0.2) is 0 Å². The molecule has 16 heavy (non-hydrogen) atoms. The van der Waals surface area contributed by atoms with Gasteiger partial charge in [-0.3, -0.25) is 4.79 Å². The molecule has 0 aromatic carbocycles. The van der Waals surface area contributed by atoms with Gasteiger partial charge in [0.2, 0.25) is 0 Å². The predicted molar refractivity (Wildman–Crippen MR) is 52.3 cm³/mol. The molecule has 1 aliphatic heterocycles. The zero-order chi connectivity index (χ0) is 12.0. The first-order valence-corrected chi connectivity index (χ1v) is 5.15. The number of halogens is 2. The normalized spacial score (nSPS) is 21.1. The second-order valence-electron chi connectivity index (χ2n) is 3.46. The van der Waals surface area contributed by atoms with E-state index in [4.69, 9.17) is 9.84 Å². The summed E-state index contributed by atoms with van der Waals surface area (Å²) in [5.41, 5.74) is 0. The van der Waals surface area contributed by atoms with Gasteiger partial charge in [-0.15, -0.1) is 0 Å². The van der Waals surface area contributed by atoms with E-state index in [0.717, 1.165) is 4.90 Å². The maximum atomic E-state index is 12.2. The van der Waals surface area contributed by atoms with Crippen molar-refractivity contribution in [3.05, 3.63) is 0 Å². The van der Waals surface area contributed by atoms with E-state index in [2.05, 4.69) is 5.32 Å². The lowest BCUT2D eigenvalue weighted by molar-refractivity contribution is -0.147. The summed E-state index contributed by atoms with van der Waals surface area (Å²) < 4.78 is 29.6. The van der Waals surface area contributed by atoms with E-state index in [1.54, 1.807) is 0 Å². The van der Waals surface area contributed by atoms with Gasteiger partial charge in [-0.1, -0.05) is 0 Å². The highest BCUT2D eigenvalue weighted by Crippen LogP contribution is 2.05. The van der Waals surface area contributed by atoms with Crippen LogP contribution in [0.25, 0.3) is 0 Å². The van der Waals surface area contributed by atoms with E-state index < -0.39 is 25.0 Å². The summed E-state index contributed by atoms with van der Waals surface area (Å²) in [6.07, 6.45) is -3.33. The van der Waals surface area contributed by atoms with Crippen molar-refractivity contribution in [1.29, 1.82) is 0 Å². The van der Waals surface area contributed by atoms with E-state index in [-0.39, 0.29) is 13.2 Å². The van der Waals surface area contributed by atoms with Gasteiger partial charge in [0, 0.05) is 19.6 Å². The minimum atomic E-state index is -2.60. The molecule has 1 heterocycles. The average molecular weight is 238 g/mol. The van der Waals surface area contributed by atoms with E-state index in [1.807, 2.05) is 0 Å². The molecule has 1 fully saturated rings. The zero-order valence-electron chi connectivity index (χ0n) is 8.86. The maximum absolute atomic E-state index is 12.2. The van der Waals surface area contributed by atoms with Crippen LogP contribution in [0, 0.1) is 0 Å². The number of nitrogens with one attached hydrogen (secondary N) is 1. The third-order valence-corrected chi connectivity index (χ3v) is 2.24. The van der Waals surface area contributed by atoms with Crippen LogP contribution in [-0.2, 0) is 9.53 Å². The van der Waals surface area contributed by atoms with E-state index in [9.17, 15) is 13.6 Å². The number of ether oxygens (including phenoxy) is 1. The van der Waals surface area contributed by atoms with Crippen molar-refractivity contribution >= 4 is 5.91 Å². The Morgan fingerprint density at radius 2 is 2.38 bits per heavy atom. The highest BCUT2D eigenvalue weighted by Gasteiger charge is 2.28. The first-order valence-electron chi connectivity index (χ1n) is 5.15. The van der Waals surface area contributed by atoms with Gasteiger partial charge in [0.1, 0.15) is 6.10 Å². The molecule has 1 amide bonds. The molecule has 1 saturated heterocycles. The van der Waals surface area contributed by atoms with Crippen molar-refractivity contribution < 1.29 is 23.4 Å². The third kappa shape index (κ3) is 3.99. The second-order valence-corrected chi connectivity index (χ2v) is 3.46. The van der Waals surface area contributed by atoms with Crippen molar-refractivity contribution in [2.45, 2.75) is 12.5 Å². The van der Waals surface area contributed by atoms with Gasteiger partial charge < -0.3 is 20.1 Å². The Hall–Kier alpha value is -0.790. The lowest BCUT2D eigenvalue weighted by Crippen LogP contribution is -2.51. The predicted octanol–water partition coefficient (Wildman–Crippen LogP) is -0.939. The average Bonchev–Trinajstić information content (AvgIpc) is 2.28. The Labute approximate surface area is 92.4 Å². The number of carbonyl (C=O) groups is 1. The van der Waals surface area contributed by atoms with Crippen LogP contribution in [-0.4, -0.2) is 67.8 Å². The second kappa shape index (κ2) is 6.72. The van der Waals surface area contributed by atoms with Gasteiger partial charge in [-0.05, 0) is 0 Å². The molecule has 2 N–H and O–H groups in total. The standard InChI is InChI=1S/C9H16F2N2O3/c10-8(11)6-13(2-3-14)9(15)7-5-12-1-4-16-7/h7-8,12,14H,1-6H2. The lowest BCUT2D eigenvalue weighted by Gasteiger charge is -2.29. The molecule has 7 heteroatoms. The van der Waals surface area contributed by atoms with E-state index >= 15 is 0 Å². The van der Waals surface area contributed by atoms with Gasteiger partial charge in [-0.25, -0.2) is 8.78 Å². The summed E-state index contributed by atoms with van der Waals surface area (Å²) in [7, 11) is 0. The number of rotatable bonds is 5. The lowest BCUT2D eigenvalue weighted by atomic mass is 10.2. The topological polar surface area (TPSA) is 61.8 Å². The Balaban J connectivity index is 2.50. The number of aliphatic hydroxyl groups excluding tert-OH is 1. The molecule has 1 aliphatic rings. The molecule has 0 radical (unpaired) electrons. The van der Waals surface area contributed by atoms with Crippen molar-refractivity contribution in [2.24, 2.45) is 0 Å². The SMILES string of the molecule is O=C(C1CNCCO1)N(CCO)CC(F)F. The van der Waals surface area contributed by atoms with Crippen LogP contribution in [0.2, 0.25) is 0 Å². The van der Waals surface area contributed by atoms with Gasteiger partial charge in [0.25, 0.3) is 12.3 Å². The molecule has 1 atom stereocenters. The number of hydrogen-bond donors (Lipinski definition) is 2. The molecular weight excluding hydrogens is 222 g/mol. The monoisotopic (exact) mass is 238 g/mol. The largest absolute Gasteiger partial charge is 0.395 e. The minimum absolute atomic E-state index is 0.0942. The number of amides is 1. The fourth-order valence-corrected chi connectivity index (χ4v) is 1.51. The molecular formula is C9H16F2N2O3. The summed E-state index contributed by atoms with van der Waals surface area (Å²) in [6.45, 7) is 0.265. The smallest absolute Gasteiger partial charge is 0.255 e. The third-order valence-electron chi connectivity index (χ3n) is 2.24. The number of morpholine rings is 1. The van der Waals surface area contributed by atoms with Gasteiger partial charge in [-0.2, -0.15) is 0 Å². The maximum Gasteiger partial charge on any atom is 0.255 e. The molecule has 5 nitrogen and oxygen atoms in total. The Bertz CT molecular complexity index is 223. The molecule has 0 bridgehead atoms. The Morgan fingerprint density at radius 1 is 1.62 bits per heavy atom. The fourth-order valence-electron chi connectivity index (χ4n) is 1.51. The van der Waals surface area contributed by atoms with Crippen LogP contribution in [0.15, 0.2) is 0 Å². The summed E-state index contributed by atoms with van der Waals surface area (Å²) >= 11 is 0. The van der Waals surface area contributed by atoms with Crippen LogP contribution < -0.4 is 5.32 Å². The Morgan fingerprint density at radius 3 is 2.88 bits per heavy atom. The van der Waals surface area contributed by atoms with E-state index in [1.165, 1.54) is 0 Å². The zero-order valence-corrected chi connectivity index (χ0v) is 8.86. The van der Waals surface area contributed by atoms with Crippen LogP contribution >= 0.6 is 0 Å². The summed E-state index contributed by atoms with van der Waals surface area (Å²) in [5.74, 6) is -0.499. The van der Waals surface area contributed by atoms with Crippen molar-refractivity contribution in [2.75, 3.05) is 39.4 Å². The van der Waals surface area contributed by atoms with Crippen LogP contribution in [0.4, 0.5) is 8.78 Å². The first kappa shape index (κ1) is 13.3. The van der Waals surface area contributed by atoms with Crippen molar-refractivity contribution in [1.82, 2.24) is 10.2 Å². The molecule has 1 unspecified atom stereocenters. The number of aliphatic hydroxyl groups is 1. The quantitative estimate of drug-likeness (QED) is 0.649. The van der Waals surface area contributed by atoms with Crippen LogP contribution in [0.5, 0.6) is 0 Å². The van der Waals surface area contributed by atoms with E-state index in [0.29, 0.717) is 19.7 Å². The highest BCUT2D eigenvalue weighted by atomic mass is 19.3. The Kier molecular flexibility index (Phi) is 5.58.